The molecule has 4 aliphatic rings. The molecule has 1 aliphatic heterocycles. The molecular formula is C22H30O6. The molecule has 1 heterocycles. The Balaban J connectivity index is 1.64. The third-order valence-corrected chi connectivity index (χ3v) is 7.74. The number of hydrogen-bond acceptors (Lipinski definition) is 6. The lowest BCUT2D eigenvalue weighted by Crippen LogP contribution is -2.59. The quantitative estimate of drug-likeness (QED) is 0.585. The average molecular weight is 390 g/mol. The Hall–Kier alpha value is -1.37. The van der Waals surface area contributed by atoms with Gasteiger partial charge in [-0.3, -0.25) is 4.79 Å². The Bertz CT molecular complexity index is 706. The predicted octanol–water partition coefficient (Wildman–Crippen LogP) is 2.23. The number of carbonyl (C=O) groups excluding carboxylic acids is 3. The van der Waals surface area contributed by atoms with Crippen LogP contribution < -0.4 is 0 Å². The van der Waals surface area contributed by atoms with Gasteiger partial charge in [-0.1, -0.05) is 18.6 Å². The molecule has 154 valence electrons. The summed E-state index contributed by atoms with van der Waals surface area (Å²) in [7, 11) is 0. The van der Waals surface area contributed by atoms with E-state index in [1.54, 1.807) is 0 Å². The van der Waals surface area contributed by atoms with Crippen LogP contribution in [0.1, 0.15) is 52.4 Å². The summed E-state index contributed by atoms with van der Waals surface area (Å²) in [6.45, 7) is 4.81. The Morgan fingerprint density at radius 3 is 2.68 bits per heavy atom. The van der Waals surface area contributed by atoms with Crippen LogP contribution in [-0.2, 0) is 23.9 Å². The monoisotopic (exact) mass is 390 g/mol. The molecule has 0 aromatic carbocycles. The van der Waals surface area contributed by atoms with E-state index in [0.29, 0.717) is 32.5 Å². The van der Waals surface area contributed by atoms with Gasteiger partial charge in [0.25, 0.3) is 0 Å². The summed E-state index contributed by atoms with van der Waals surface area (Å²) in [6, 6.07) is 0. The first-order chi connectivity index (χ1) is 13.3. The van der Waals surface area contributed by atoms with E-state index >= 15 is 0 Å². The Labute approximate surface area is 165 Å². The summed E-state index contributed by atoms with van der Waals surface area (Å²) in [5, 5.41) is 11.2. The molecule has 0 aromatic rings. The summed E-state index contributed by atoms with van der Waals surface area (Å²) in [5.74, 6) is -2.39. The van der Waals surface area contributed by atoms with Gasteiger partial charge in [-0.05, 0) is 31.6 Å². The Morgan fingerprint density at radius 2 is 2.04 bits per heavy atom. The first kappa shape index (κ1) is 19.9. The number of Topliss-reactive ketones (excluding diaryl/α,β-unsaturated/α-hetero) is 2. The van der Waals surface area contributed by atoms with Crippen LogP contribution in [0.3, 0.4) is 0 Å². The van der Waals surface area contributed by atoms with Crippen LogP contribution >= 0.6 is 0 Å². The Morgan fingerprint density at radius 1 is 1.32 bits per heavy atom. The maximum Gasteiger partial charge on any atom is 0.172 e. The van der Waals surface area contributed by atoms with Crippen molar-refractivity contribution in [3.8, 4) is 0 Å². The van der Waals surface area contributed by atoms with E-state index in [1.807, 2.05) is 0 Å². The average Bonchev–Trinajstić information content (AvgIpc) is 3.11. The van der Waals surface area contributed by atoms with E-state index in [0.717, 1.165) is 19.1 Å². The number of rotatable bonds is 4. The number of aliphatic hydroxyl groups excluding tert-OH is 1. The Kier molecular flexibility index (Phi) is 5.09. The first-order valence-electron chi connectivity index (χ1n) is 10.5. The standard InChI is InChI=1S/C22H30O6/c1-13(24)3-5-15-17(12-23)20(26)18-16(19(15)25)6-4-14-11-22(27-9-10-28-22)8-7-21(14,18)2/h4,12,15-18,20,26H,3,5-11H2,1-2H3/t15-,16+,17-,18-,20+,21-/m0/s1. The van der Waals surface area contributed by atoms with E-state index in [1.165, 1.54) is 12.5 Å². The van der Waals surface area contributed by atoms with Crippen LogP contribution in [0.2, 0.25) is 0 Å². The number of ether oxygens (including phenoxy) is 2. The lowest BCUT2D eigenvalue weighted by molar-refractivity contribution is -0.191. The second-order valence-electron chi connectivity index (χ2n) is 9.25. The molecule has 0 bridgehead atoms. The van der Waals surface area contributed by atoms with Crippen molar-refractivity contribution in [2.75, 3.05) is 13.2 Å². The van der Waals surface area contributed by atoms with Crippen LogP contribution in [0.15, 0.2) is 11.6 Å². The van der Waals surface area contributed by atoms with Crippen LogP contribution in [0.5, 0.6) is 0 Å². The van der Waals surface area contributed by atoms with Gasteiger partial charge in [-0.25, -0.2) is 0 Å². The second kappa shape index (κ2) is 7.15. The van der Waals surface area contributed by atoms with Crippen molar-refractivity contribution in [1.82, 2.24) is 0 Å². The fraction of sp³-hybridized carbons (Fsp3) is 0.773. The summed E-state index contributed by atoms with van der Waals surface area (Å²) in [4.78, 5) is 36.6. The molecule has 6 nitrogen and oxygen atoms in total. The highest BCUT2D eigenvalue weighted by Gasteiger charge is 2.60. The molecule has 6 atom stereocenters. The lowest BCUT2D eigenvalue weighted by atomic mass is 9.49. The van der Waals surface area contributed by atoms with Gasteiger partial charge in [-0.2, -0.15) is 0 Å². The van der Waals surface area contributed by atoms with Gasteiger partial charge >= 0.3 is 0 Å². The van der Waals surface area contributed by atoms with Crippen molar-refractivity contribution >= 4 is 17.9 Å². The maximum atomic E-state index is 13.3. The molecule has 0 amide bonds. The normalized spacial score (nSPS) is 41.9. The van der Waals surface area contributed by atoms with Gasteiger partial charge in [0.15, 0.2) is 5.79 Å². The first-order valence-corrected chi connectivity index (χ1v) is 10.5. The zero-order chi connectivity index (χ0) is 20.1. The van der Waals surface area contributed by atoms with Crippen molar-refractivity contribution in [3.63, 3.8) is 0 Å². The maximum absolute atomic E-state index is 13.3. The number of hydrogen-bond donors (Lipinski definition) is 1. The molecule has 0 aromatic heterocycles. The van der Waals surface area contributed by atoms with Crippen LogP contribution in [0, 0.1) is 29.1 Å². The molecule has 28 heavy (non-hydrogen) atoms. The van der Waals surface area contributed by atoms with Gasteiger partial charge in [-0.15, -0.1) is 0 Å². The third kappa shape index (κ3) is 3.01. The molecule has 1 N–H and O–H groups in total. The number of aliphatic hydroxyl groups is 1. The van der Waals surface area contributed by atoms with Gasteiger partial charge < -0.3 is 24.2 Å². The van der Waals surface area contributed by atoms with Crippen LogP contribution in [0.4, 0.5) is 0 Å². The molecule has 0 radical (unpaired) electrons. The summed E-state index contributed by atoms with van der Waals surface area (Å²) < 4.78 is 11.8. The fourth-order valence-corrected chi connectivity index (χ4v) is 6.20. The van der Waals surface area contributed by atoms with Crippen LogP contribution in [-0.4, -0.2) is 48.1 Å². The fourth-order valence-electron chi connectivity index (χ4n) is 6.20. The molecule has 1 spiro atoms. The van der Waals surface area contributed by atoms with Crippen molar-refractivity contribution in [2.45, 2.75) is 64.3 Å². The molecular weight excluding hydrogens is 360 g/mol. The predicted molar refractivity (Wildman–Crippen MR) is 100 cm³/mol. The van der Waals surface area contributed by atoms with E-state index in [9.17, 15) is 19.5 Å². The van der Waals surface area contributed by atoms with Gasteiger partial charge in [0.1, 0.15) is 17.9 Å². The van der Waals surface area contributed by atoms with Gasteiger partial charge in [0.2, 0.25) is 0 Å². The van der Waals surface area contributed by atoms with E-state index in [2.05, 4.69) is 13.0 Å². The minimum Gasteiger partial charge on any atom is -0.392 e. The smallest absolute Gasteiger partial charge is 0.172 e. The summed E-state index contributed by atoms with van der Waals surface area (Å²) in [6.07, 6.45) is 5.33. The summed E-state index contributed by atoms with van der Waals surface area (Å²) >= 11 is 0. The van der Waals surface area contributed by atoms with Gasteiger partial charge in [0, 0.05) is 37.0 Å². The molecule has 6 heteroatoms. The highest BCUT2D eigenvalue weighted by Crippen LogP contribution is 2.60. The van der Waals surface area contributed by atoms with Crippen molar-refractivity contribution < 1.29 is 29.0 Å². The minimum absolute atomic E-state index is 0.000919. The number of ketones is 2. The number of allylic oxidation sites excluding steroid dienone is 1. The highest BCUT2D eigenvalue weighted by molar-refractivity contribution is 5.89. The topological polar surface area (TPSA) is 89.9 Å². The van der Waals surface area contributed by atoms with Crippen molar-refractivity contribution in [2.24, 2.45) is 29.1 Å². The molecule has 1 saturated heterocycles. The van der Waals surface area contributed by atoms with Crippen LogP contribution in [0.25, 0.3) is 0 Å². The largest absolute Gasteiger partial charge is 0.392 e. The zero-order valence-corrected chi connectivity index (χ0v) is 16.7. The molecule has 0 unspecified atom stereocenters. The zero-order valence-electron chi connectivity index (χ0n) is 16.7. The molecule has 3 fully saturated rings. The number of aldehydes is 1. The third-order valence-electron chi connectivity index (χ3n) is 7.74. The molecule has 3 aliphatic carbocycles. The minimum atomic E-state index is -0.870. The lowest BCUT2D eigenvalue weighted by Gasteiger charge is -2.56. The van der Waals surface area contributed by atoms with Crippen molar-refractivity contribution in [1.29, 1.82) is 0 Å². The summed E-state index contributed by atoms with van der Waals surface area (Å²) in [5.41, 5.74) is 0.839. The number of fused-ring (bicyclic) bond motifs is 3. The van der Waals surface area contributed by atoms with Crippen molar-refractivity contribution in [3.05, 3.63) is 11.6 Å². The highest BCUT2D eigenvalue weighted by atomic mass is 16.7. The molecule has 2 saturated carbocycles. The molecule has 4 rings (SSSR count). The van der Waals surface area contributed by atoms with Gasteiger partial charge in [0.05, 0.1) is 25.2 Å². The second-order valence-corrected chi connectivity index (χ2v) is 9.25. The number of carbonyl (C=O) groups is 3. The van der Waals surface area contributed by atoms with E-state index < -0.39 is 23.7 Å². The SMILES string of the molecule is CC(=O)CC[C@@H]1C(=O)[C@@H]2CC=C3CC4(CC[C@]3(C)[C@@H]2[C@H](O)[C@H]1C=O)OCCO4. The van der Waals surface area contributed by atoms with E-state index in [4.69, 9.17) is 9.47 Å². The van der Waals surface area contributed by atoms with E-state index in [-0.39, 0.29) is 35.2 Å².